The highest BCUT2D eigenvalue weighted by Crippen LogP contribution is 2.39. The van der Waals surface area contributed by atoms with Gasteiger partial charge < -0.3 is 15.8 Å². The quantitative estimate of drug-likeness (QED) is 0.639. The van der Waals surface area contributed by atoms with E-state index in [1.165, 1.54) is 6.33 Å². The lowest BCUT2D eigenvalue weighted by Gasteiger charge is -2.22. The van der Waals surface area contributed by atoms with Gasteiger partial charge in [-0.1, -0.05) is 11.6 Å². The predicted octanol–water partition coefficient (Wildman–Crippen LogP) is 2.98. The fraction of sp³-hybridized carbons (Fsp3) is 0.400. The van der Waals surface area contributed by atoms with Crippen LogP contribution in [0.15, 0.2) is 12.4 Å². The molecule has 2 heterocycles. The van der Waals surface area contributed by atoms with Crippen molar-refractivity contribution in [2.45, 2.75) is 39.7 Å². The standard InChI is InChI=1S/C20H25ClN6O2/c1-10-13(6-7-16(28)23-4)18(29-5)14(8-15(10)21)12(3)27-20-17(11(2)26-27)19(22)24-9-25-20/h8-9,12H,6-7H2,1-5H3,(H,23,28)(H2,22,24,25)/t12-/m1/s1. The van der Waals surface area contributed by atoms with Crippen LogP contribution in [0, 0.1) is 13.8 Å². The first-order chi connectivity index (χ1) is 13.8. The highest BCUT2D eigenvalue weighted by molar-refractivity contribution is 6.31. The van der Waals surface area contributed by atoms with Gasteiger partial charge in [0.25, 0.3) is 0 Å². The van der Waals surface area contributed by atoms with Gasteiger partial charge in [0, 0.05) is 24.1 Å². The number of hydrogen-bond acceptors (Lipinski definition) is 6. The summed E-state index contributed by atoms with van der Waals surface area (Å²) in [6.07, 6.45) is 2.29. The molecule has 0 aliphatic carbocycles. The van der Waals surface area contributed by atoms with Gasteiger partial charge in [-0.15, -0.1) is 0 Å². The van der Waals surface area contributed by atoms with Crippen molar-refractivity contribution in [3.05, 3.63) is 39.8 Å². The molecule has 0 saturated carbocycles. The molecule has 1 amide bonds. The molecule has 3 rings (SSSR count). The molecule has 1 aromatic carbocycles. The number of methoxy groups -OCH3 is 1. The van der Waals surface area contributed by atoms with Gasteiger partial charge in [0.1, 0.15) is 17.9 Å². The van der Waals surface area contributed by atoms with E-state index < -0.39 is 0 Å². The lowest BCUT2D eigenvalue weighted by molar-refractivity contribution is -0.120. The number of halogens is 1. The smallest absolute Gasteiger partial charge is 0.220 e. The molecule has 0 aliphatic heterocycles. The molecule has 0 fully saturated rings. The minimum Gasteiger partial charge on any atom is -0.496 e. The number of benzene rings is 1. The van der Waals surface area contributed by atoms with E-state index in [0.717, 1.165) is 27.8 Å². The van der Waals surface area contributed by atoms with Crippen LogP contribution in [0.4, 0.5) is 5.82 Å². The summed E-state index contributed by atoms with van der Waals surface area (Å²) in [4.78, 5) is 20.2. The number of nitrogens with zero attached hydrogens (tertiary/aromatic N) is 4. The molecule has 0 unspecified atom stereocenters. The molecule has 3 aromatic rings. The second-order valence-corrected chi connectivity index (χ2v) is 7.33. The summed E-state index contributed by atoms with van der Waals surface area (Å²) < 4.78 is 7.57. The average Bonchev–Trinajstić information content (AvgIpc) is 3.05. The Bertz CT molecular complexity index is 1080. The van der Waals surface area contributed by atoms with Gasteiger partial charge in [0.15, 0.2) is 5.65 Å². The third kappa shape index (κ3) is 3.72. The van der Waals surface area contributed by atoms with E-state index in [1.54, 1.807) is 18.8 Å². The maximum atomic E-state index is 11.8. The normalized spacial score (nSPS) is 12.2. The molecule has 9 heteroatoms. The van der Waals surface area contributed by atoms with Crippen molar-refractivity contribution in [3.63, 3.8) is 0 Å². The number of hydrogen-bond donors (Lipinski definition) is 2. The van der Waals surface area contributed by atoms with Gasteiger partial charge in [-0.2, -0.15) is 5.10 Å². The molecule has 0 saturated heterocycles. The Kier molecular flexibility index (Phi) is 5.93. The lowest BCUT2D eigenvalue weighted by Crippen LogP contribution is -2.19. The monoisotopic (exact) mass is 416 g/mol. The fourth-order valence-electron chi connectivity index (χ4n) is 3.59. The van der Waals surface area contributed by atoms with Gasteiger partial charge in [0.05, 0.1) is 24.2 Å². The second kappa shape index (κ2) is 8.24. The lowest BCUT2D eigenvalue weighted by atomic mass is 9.95. The molecule has 0 radical (unpaired) electrons. The SMILES string of the molecule is CNC(=O)CCc1c(C)c(Cl)cc([C@@H](C)n2nc(C)c3c(N)ncnc32)c1OC. The number of nitrogens with two attached hydrogens (primary N) is 1. The van der Waals surface area contributed by atoms with Crippen molar-refractivity contribution in [1.29, 1.82) is 0 Å². The van der Waals surface area contributed by atoms with Crippen LogP contribution in [0.3, 0.4) is 0 Å². The number of fused-ring (bicyclic) bond motifs is 1. The van der Waals surface area contributed by atoms with Gasteiger partial charge in [-0.25, -0.2) is 14.6 Å². The van der Waals surface area contributed by atoms with Crippen LogP contribution in [-0.2, 0) is 11.2 Å². The van der Waals surface area contributed by atoms with E-state index in [1.807, 2.05) is 26.8 Å². The fourth-order valence-corrected chi connectivity index (χ4v) is 3.82. The van der Waals surface area contributed by atoms with Gasteiger partial charge in [-0.05, 0) is 44.4 Å². The molecule has 3 N–H and O–H groups in total. The number of ether oxygens (including phenoxy) is 1. The van der Waals surface area contributed by atoms with Crippen LogP contribution in [0.2, 0.25) is 5.02 Å². The molecule has 0 aliphatic rings. The van der Waals surface area contributed by atoms with Crippen LogP contribution in [0.5, 0.6) is 5.75 Å². The predicted molar refractivity (Wildman–Crippen MR) is 113 cm³/mol. The van der Waals surface area contributed by atoms with Crippen LogP contribution in [-0.4, -0.2) is 39.8 Å². The topological polar surface area (TPSA) is 108 Å². The van der Waals surface area contributed by atoms with Crippen LogP contribution in [0.25, 0.3) is 11.0 Å². The van der Waals surface area contributed by atoms with Crippen molar-refractivity contribution < 1.29 is 9.53 Å². The van der Waals surface area contributed by atoms with E-state index in [-0.39, 0.29) is 11.9 Å². The zero-order chi connectivity index (χ0) is 21.3. The molecule has 1 atom stereocenters. The zero-order valence-electron chi connectivity index (χ0n) is 17.2. The number of nitrogen functional groups attached to an aromatic ring is 1. The third-order valence-electron chi connectivity index (χ3n) is 5.22. The largest absolute Gasteiger partial charge is 0.496 e. The van der Waals surface area contributed by atoms with Crippen molar-refractivity contribution in [2.75, 3.05) is 19.9 Å². The molecule has 0 bridgehead atoms. The van der Waals surface area contributed by atoms with Gasteiger partial charge in [-0.3, -0.25) is 4.79 Å². The summed E-state index contributed by atoms with van der Waals surface area (Å²) in [5.41, 5.74) is 10.1. The first-order valence-electron chi connectivity index (χ1n) is 9.31. The second-order valence-electron chi connectivity index (χ2n) is 6.92. The number of carbonyl (C=O) groups excluding carboxylic acids is 1. The molecule has 8 nitrogen and oxygen atoms in total. The van der Waals surface area contributed by atoms with E-state index in [0.29, 0.717) is 35.1 Å². The maximum Gasteiger partial charge on any atom is 0.220 e. The zero-order valence-corrected chi connectivity index (χ0v) is 18.0. The first-order valence-corrected chi connectivity index (χ1v) is 9.69. The summed E-state index contributed by atoms with van der Waals surface area (Å²) in [6, 6.07) is 1.66. The van der Waals surface area contributed by atoms with Crippen LogP contribution < -0.4 is 15.8 Å². The van der Waals surface area contributed by atoms with Crippen molar-refractivity contribution in [1.82, 2.24) is 25.1 Å². The van der Waals surface area contributed by atoms with E-state index in [9.17, 15) is 4.79 Å². The van der Waals surface area contributed by atoms with E-state index in [2.05, 4.69) is 20.4 Å². The minimum absolute atomic E-state index is 0.0399. The summed E-state index contributed by atoms with van der Waals surface area (Å²) in [6.45, 7) is 5.80. The summed E-state index contributed by atoms with van der Waals surface area (Å²) in [5, 5.41) is 8.63. The Morgan fingerprint density at radius 3 is 2.76 bits per heavy atom. The van der Waals surface area contributed by atoms with Crippen molar-refractivity contribution in [3.8, 4) is 5.75 Å². The Labute approximate surface area is 174 Å². The van der Waals surface area contributed by atoms with Crippen molar-refractivity contribution >= 4 is 34.4 Å². The molecule has 2 aromatic heterocycles. The van der Waals surface area contributed by atoms with Gasteiger partial charge >= 0.3 is 0 Å². The van der Waals surface area contributed by atoms with Crippen LogP contribution >= 0.6 is 11.6 Å². The van der Waals surface area contributed by atoms with Gasteiger partial charge in [0.2, 0.25) is 5.91 Å². The number of carbonyl (C=O) groups is 1. The Morgan fingerprint density at radius 1 is 1.38 bits per heavy atom. The van der Waals surface area contributed by atoms with Crippen molar-refractivity contribution in [2.24, 2.45) is 0 Å². The minimum atomic E-state index is -0.229. The average molecular weight is 417 g/mol. The number of amides is 1. The highest BCUT2D eigenvalue weighted by Gasteiger charge is 2.24. The first kappa shape index (κ1) is 20.9. The number of aromatic nitrogens is 4. The molecule has 154 valence electrons. The Balaban J connectivity index is 2.14. The summed E-state index contributed by atoms with van der Waals surface area (Å²) >= 11 is 6.55. The van der Waals surface area contributed by atoms with E-state index >= 15 is 0 Å². The third-order valence-corrected chi connectivity index (χ3v) is 5.62. The number of rotatable bonds is 6. The highest BCUT2D eigenvalue weighted by atomic mass is 35.5. The van der Waals surface area contributed by atoms with E-state index in [4.69, 9.17) is 22.1 Å². The molecule has 29 heavy (non-hydrogen) atoms. The Hall–Kier alpha value is -2.87. The molecular formula is C20H25ClN6O2. The summed E-state index contributed by atoms with van der Waals surface area (Å²) in [5.74, 6) is 1.06. The number of nitrogens with one attached hydrogen (secondary N) is 1. The van der Waals surface area contributed by atoms with Crippen LogP contribution in [0.1, 0.15) is 41.8 Å². The maximum absolute atomic E-state index is 11.8. The number of anilines is 1. The molecule has 0 spiro atoms. The molecular weight excluding hydrogens is 392 g/mol. The summed E-state index contributed by atoms with van der Waals surface area (Å²) in [7, 11) is 3.24. The number of aryl methyl sites for hydroxylation is 1. The Morgan fingerprint density at radius 2 is 2.10 bits per heavy atom.